The molecule has 0 bridgehead atoms. The van der Waals surface area contributed by atoms with Crippen LogP contribution >= 0.6 is 19.1 Å². The molecule has 6 heteroatoms. The smallest absolute Gasteiger partial charge is 0.300 e. The molecule has 1 aromatic rings. The lowest BCUT2D eigenvalue weighted by Crippen LogP contribution is -2.08. The van der Waals surface area contributed by atoms with Crippen molar-refractivity contribution in [3.63, 3.8) is 0 Å². The predicted octanol–water partition coefficient (Wildman–Crippen LogP) is 3.49. The SMILES string of the molecule is CCOP(=O)(N/C=C/c1cccs1)OCC. The lowest BCUT2D eigenvalue weighted by Gasteiger charge is -2.15. The summed E-state index contributed by atoms with van der Waals surface area (Å²) in [5.41, 5.74) is 0. The summed E-state index contributed by atoms with van der Waals surface area (Å²) in [5, 5.41) is 4.65. The van der Waals surface area contributed by atoms with Crippen molar-refractivity contribution in [1.29, 1.82) is 0 Å². The molecule has 0 aliphatic heterocycles. The van der Waals surface area contributed by atoms with Gasteiger partial charge in [0.25, 0.3) is 0 Å². The third-order valence-corrected chi connectivity index (χ3v) is 4.12. The van der Waals surface area contributed by atoms with Gasteiger partial charge in [0.15, 0.2) is 0 Å². The van der Waals surface area contributed by atoms with E-state index in [2.05, 4.69) is 5.09 Å². The van der Waals surface area contributed by atoms with Crippen molar-refractivity contribution in [2.75, 3.05) is 13.2 Å². The predicted molar refractivity (Wildman–Crippen MR) is 67.3 cm³/mol. The molecule has 0 amide bonds. The molecule has 4 nitrogen and oxygen atoms in total. The second-order valence-corrected chi connectivity index (χ2v) is 5.56. The highest BCUT2D eigenvalue weighted by Gasteiger charge is 2.20. The van der Waals surface area contributed by atoms with Crippen molar-refractivity contribution in [2.24, 2.45) is 0 Å². The monoisotopic (exact) mass is 261 g/mol. The van der Waals surface area contributed by atoms with E-state index in [1.165, 1.54) is 0 Å². The molecule has 0 aliphatic rings. The van der Waals surface area contributed by atoms with Crippen molar-refractivity contribution in [2.45, 2.75) is 13.8 Å². The van der Waals surface area contributed by atoms with Gasteiger partial charge in [-0.25, -0.2) is 4.57 Å². The summed E-state index contributed by atoms with van der Waals surface area (Å²) in [7, 11) is -3.17. The molecular formula is C10H16NO3PS. The van der Waals surface area contributed by atoms with Crippen LogP contribution in [0.15, 0.2) is 23.7 Å². The van der Waals surface area contributed by atoms with E-state index in [4.69, 9.17) is 9.05 Å². The second-order valence-electron chi connectivity index (χ2n) is 2.81. The molecule has 0 radical (unpaired) electrons. The summed E-state index contributed by atoms with van der Waals surface area (Å²) in [4.78, 5) is 1.08. The zero-order valence-electron chi connectivity index (χ0n) is 9.38. The van der Waals surface area contributed by atoms with Gasteiger partial charge in [0.05, 0.1) is 13.2 Å². The van der Waals surface area contributed by atoms with Gasteiger partial charge >= 0.3 is 7.75 Å². The van der Waals surface area contributed by atoms with Gasteiger partial charge in [-0.1, -0.05) is 6.07 Å². The molecule has 16 heavy (non-hydrogen) atoms. The molecule has 0 atom stereocenters. The van der Waals surface area contributed by atoms with Crippen LogP contribution in [0.3, 0.4) is 0 Å². The summed E-state index contributed by atoms with van der Waals surface area (Å²) in [5.74, 6) is 0. The summed E-state index contributed by atoms with van der Waals surface area (Å²) in [6.45, 7) is 4.24. The standard InChI is InChI=1S/C10H16NO3PS/c1-3-13-15(12,14-4-2)11-8-7-10-6-5-9-16-10/h5-9H,3-4H2,1-2H3,(H,11,12)/b8-7+. The fourth-order valence-corrected chi connectivity index (χ4v) is 2.83. The van der Waals surface area contributed by atoms with Crippen molar-refractivity contribution >= 4 is 25.2 Å². The zero-order valence-corrected chi connectivity index (χ0v) is 11.1. The minimum absolute atomic E-state index is 0.344. The van der Waals surface area contributed by atoms with Crippen LogP contribution in [-0.4, -0.2) is 13.2 Å². The number of hydrogen-bond acceptors (Lipinski definition) is 4. The quantitative estimate of drug-likeness (QED) is 0.763. The van der Waals surface area contributed by atoms with Gasteiger partial charge in [-0.2, -0.15) is 0 Å². The van der Waals surface area contributed by atoms with Crippen molar-refractivity contribution in [3.05, 3.63) is 28.6 Å². The lowest BCUT2D eigenvalue weighted by atomic mass is 10.5. The summed E-state index contributed by atoms with van der Waals surface area (Å²) in [6.07, 6.45) is 3.42. The number of nitrogens with one attached hydrogen (secondary N) is 1. The molecule has 0 unspecified atom stereocenters. The maximum atomic E-state index is 11.9. The summed E-state index contributed by atoms with van der Waals surface area (Å²) < 4.78 is 22.1. The third kappa shape index (κ3) is 4.49. The van der Waals surface area contributed by atoms with E-state index >= 15 is 0 Å². The van der Waals surface area contributed by atoms with Gasteiger partial charge in [-0.05, 0) is 31.4 Å². The minimum atomic E-state index is -3.17. The highest BCUT2D eigenvalue weighted by atomic mass is 32.1. The molecule has 0 fully saturated rings. The highest BCUT2D eigenvalue weighted by molar-refractivity contribution is 7.51. The second kappa shape index (κ2) is 6.86. The summed E-state index contributed by atoms with van der Waals surface area (Å²) >= 11 is 1.60. The van der Waals surface area contributed by atoms with Crippen LogP contribution in [0, 0.1) is 0 Å². The highest BCUT2D eigenvalue weighted by Crippen LogP contribution is 2.43. The van der Waals surface area contributed by atoms with Crippen LogP contribution < -0.4 is 5.09 Å². The van der Waals surface area contributed by atoms with Gasteiger partial charge in [0.2, 0.25) is 0 Å². The van der Waals surface area contributed by atoms with Crippen LogP contribution in [0.2, 0.25) is 0 Å². The Morgan fingerprint density at radius 1 is 1.44 bits per heavy atom. The van der Waals surface area contributed by atoms with Gasteiger partial charge in [-0.15, -0.1) is 11.3 Å². The Hall–Kier alpha value is -0.610. The maximum Gasteiger partial charge on any atom is 0.432 e. The molecule has 0 aromatic carbocycles. The van der Waals surface area contributed by atoms with E-state index in [-0.39, 0.29) is 0 Å². The molecule has 1 aromatic heterocycles. The number of thiophene rings is 1. The van der Waals surface area contributed by atoms with Crippen LogP contribution in [0.4, 0.5) is 0 Å². The minimum Gasteiger partial charge on any atom is -0.300 e. The van der Waals surface area contributed by atoms with Gasteiger partial charge < -0.3 is 0 Å². The number of hydrogen-bond donors (Lipinski definition) is 1. The van der Waals surface area contributed by atoms with Gasteiger partial charge in [-0.3, -0.25) is 14.1 Å². The molecule has 1 N–H and O–H groups in total. The Morgan fingerprint density at radius 3 is 2.62 bits per heavy atom. The van der Waals surface area contributed by atoms with E-state index in [0.717, 1.165) is 4.88 Å². The molecular weight excluding hydrogens is 245 g/mol. The van der Waals surface area contributed by atoms with Crippen LogP contribution in [-0.2, 0) is 13.6 Å². The Kier molecular flexibility index (Phi) is 5.77. The molecule has 1 heterocycles. The Balaban J connectivity index is 2.53. The number of rotatable bonds is 7. The average Bonchev–Trinajstić information content (AvgIpc) is 2.71. The molecule has 0 spiro atoms. The Bertz CT molecular complexity index is 354. The van der Waals surface area contributed by atoms with Crippen LogP contribution in [0.25, 0.3) is 6.08 Å². The first-order valence-corrected chi connectivity index (χ1v) is 7.49. The van der Waals surface area contributed by atoms with E-state index in [9.17, 15) is 4.57 Å². The Labute approximate surface area is 99.9 Å². The first-order valence-electron chi connectivity index (χ1n) is 5.07. The van der Waals surface area contributed by atoms with Crippen LogP contribution in [0.1, 0.15) is 18.7 Å². The maximum absolute atomic E-state index is 11.9. The topological polar surface area (TPSA) is 47.6 Å². The normalized spacial score (nSPS) is 12.1. The van der Waals surface area contributed by atoms with Crippen molar-refractivity contribution in [1.82, 2.24) is 5.09 Å². The van der Waals surface area contributed by atoms with E-state index in [0.29, 0.717) is 13.2 Å². The molecule has 0 saturated carbocycles. The third-order valence-electron chi connectivity index (χ3n) is 1.62. The molecule has 0 saturated heterocycles. The first kappa shape index (κ1) is 13.5. The summed E-state index contributed by atoms with van der Waals surface area (Å²) in [6, 6.07) is 3.92. The van der Waals surface area contributed by atoms with Gasteiger partial charge in [0.1, 0.15) is 0 Å². The lowest BCUT2D eigenvalue weighted by molar-refractivity contribution is 0.215. The van der Waals surface area contributed by atoms with E-state index in [1.807, 2.05) is 23.6 Å². The fourth-order valence-electron chi connectivity index (χ4n) is 1.05. The molecule has 0 aliphatic carbocycles. The van der Waals surface area contributed by atoms with Crippen molar-refractivity contribution in [3.8, 4) is 0 Å². The zero-order chi connectivity index (χ0) is 11.9. The largest absolute Gasteiger partial charge is 0.432 e. The molecule has 90 valence electrons. The average molecular weight is 261 g/mol. The fraction of sp³-hybridized carbons (Fsp3) is 0.400. The van der Waals surface area contributed by atoms with Crippen molar-refractivity contribution < 1.29 is 13.6 Å². The van der Waals surface area contributed by atoms with Gasteiger partial charge in [0, 0.05) is 11.1 Å². The Morgan fingerprint density at radius 2 is 2.12 bits per heavy atom. The van der Waals surface area contributed by atoms with Crippen LogP contribution in [0.5, 0.6) is 0 Å². The van der Waals surface area contributed by atoms with E-state index in [1.54, 1.807) is 31.4 Å². The van der Waals surface area contributed by atoms with E-state index < -0.39 is 7.75 Å². The molecule has 1 rings (SSSR count). The first-order chi connectivity index (χ1) is 7.70.